The van der Waals surface area contributed by atoms with Crippen molar-refractivity contribution in [3.05, 3.63) is 76.2 Å². The molecule has 0 bridgehead atoms. The zero-order chi connectivity index (χ0) is 20.2. The maximum atomic E-state index is 12.4. The third-order valence-electron chi connectivity index (χ3n) is 4.92. The van der Waals surface area contributed by atoms with Gasteiger partial charge in [-0.25, -0.2) is 4.79 Å². The molecule has 4 rings (SSSR count). The van der Waals surface area contributed by atoms with Crippen LogP contribution in [0.25, 0.3) is 10.4 Å². The van der Waals surface area contributed by atoms with Crippen LogP contribution in [0.4, 0.5) is 0 Å². The summed E-state index contributed by atoms with van der Waals surface area (Å²) in [4.78, 5) is 26.1. The molecule has 0 saturated carbocycles. The standard InChI is InChI=1S/C23H21NO4S/c1-27-18-10-6-15(7-11-18)13-24-21(25)14-28-23(26)20-12-17-9-8-16-4-2-3-5-19(16)22(17)29-20/h2-7,10-12H,8-9,13-14H2,1H3,(H,24,25). The number of fused-ring (bicyclic) bond motifs is 3. The van der Waals surface area contributed by atoms with Gasteiger partial charge in [-0.1, -0.05) is 36.4 Å². The fraction of sp³-hybridized carbons (Fsp3) is 0.217. The number of hydrogen-bond acceptors (Lipinski definition) is 5. The number of carbonyl (C=O) groups is 2. The zero-order valence-corrected chi connectivity index (χ0v) is 16.9. The lowest BCUT2D eigenvalue weighted by atomic mass is 9.91. The molecule has 6 heteroatoms. The number of thiophene rings is 1. The molecule has 0 aliphatic heterocycles. The number of carbonyl (C=O) groups excluding carboxylic acids is 2. The number of aryl methyl sites for hydroxylation is 2. The molecule has 1 N–H and O–H groups in total. The number of esters is 1. The molecule has 5 nitrogen and oxygen atoms in total. The zero-order valence-electron chi connectivity index (χ0n) is 16.1. The van der Waals surface area contributed by atoms with E-state index in [1.165, 1.54) is 28.0 Å². The highest BCUT2D eigenvalue weighted by atomic mass is 32.1. The topological polar surface area (TPSA) is 64.6 Å². The molecule has 29 heavy (non-hydrogen) atoms. The van der Waals surface area contributed by atoms with Crippen molar-refractivity contribution in [2.45, 2.75) is 19.4 Å². The Hall–Kier alpha value is -3.12. The van der Waals surface area contributed by atoms with Gasteiger partial charge in [0.25, 0.3) is 5.91 Å². The fourth-order valence-corrected chi connectivity index (χ4v) is 4.53. The summed E-state index contributed by atoms with van der Waals surface area (Å²) < 4.78 is 10.3. The minimum atomic E-state index is -0.457. The molecular weight excluding hydrogens is 386 g/mol. The van der Waals surface area contributed by atoms with Crippen molar-refractivity contribution < 1.29 is 19.1 Å². The van der Waals surface area contributed by atoms with E-state index in [2.05, 4.69) is 17.4 Å². The van der Waals surface area contributed by atoms with Gasteiger partial charge in [-0.05, 0) is 53.3 Å². The number of hydrogen-bond donors (Lipinski definition) is 1. The van der Waals surface area contributed by atoms with E-state index >= 15 is 0 Å². The van der Waals surface area contributed by atoms with Crippen LogP contribution in [-0.4, -0.2) is 25.6 Å². The highest BCUT2D eigenvalue weighted by molar-refractivity contribution is 7.17. The van der Waals surface area contributed by atoms with Crippen LogP contribution in [-0.2, 0) is 28.9 Å². The van der Waals surface area contributed by atoms with Crippen LogP contribution in [0.5, 0.6) is 5.75 Å². The van der Waals surface area contributed by atoms with E-state index in [9.17, 15) is 9.59 Å². The summed E-state index contributed by atoms with van der Waals surface area (Å²) in [5, 5.41) is 2.75. The van der Waals surface area contributed by atoms with Gasteiger partial charge in [0.05, 0.1) is 7.11 Å². The predicted octanol–water partition coefficient (Wildman–Crippen LogP) is 4.00. The Kier molecular flexibility index (Phi) is 5.62. The Balaban J connectivity index is 1.32. The summed E-state index contributed by atoms with van der Waals surface area (Å²) in [7, 11) is 1.61. The Morgan fingerprint density at radius 2 is 1.79 bits per heavy atom. The number of benzene rings is 2. The molecule has 0 atom stereocenters. The normalized spacial score (nSPS) is 11.9. The summed E-state index contributed by atoms with van der Waals surface area (Å²) in [5.74, 6) is -0.0300. The van der Waals surface area contributed by atoms with Gasteiger partial charge in [-0.3, -0.25) is 4.79 Å². The summed E-state index contributed by atoms with van der Waals surface area (Å²) >= 11 is 1.43. The minimum absolute atomic E-state index is 0.297. The lowest BCUT2D eigenvalue weighted by molar-refractivity contribution is -0.124. The first kappa shape index (κ1) is 19.2. The second kappa shape index (κ2) is 8.49. The predicted molar refractivity (Wildman–Crippen MR) is 112 cm³/mol. The van der Waals surface area contributed by atoms with E-state index in [1.807, 2.05) is 42.5 Å². The Morgan fingerprint density at radius 3 is 2.59 bits per heavy atom. The molecule has 1 aliphatic rings. The molecule has 1 heterocycles. The van der Waals surface area contributed by atoms with E-state index in [-0.39, 0.29) is 12.5 Å². The van der Waals surface area contributed by atoms with Crippen LogP contribution < -0.4 is 10.1 Å². The van der Waals surface area contributed by atoms with Gasteiger partial charge in [-0.15, -0.1) is 11.3 Å². The lowest BCUT2D eigenvalue weighted by Gasteiger charge is -2.15. The van der Waals surface area contributed by atoms with Crippen molar-refractivity contribution in [1.29, 1.82) is 0 Å². The van der Waals surface area contributed by atoms with Crippen molar-refractivity contribution in [1.82, 2.24) is 5.32 Å². The van der Waals surface area contributed by atoms with Gasteiger partial charge in [0.15, 0.2) is 6.61 Å². The fourth-order valence-electron chi connectivity index (χ4n) is 3.37. The summed E-state index contributed by atoms with van der Waals surface area (Å²) in [6.45, 7) is 0.0681. The average Bonchev–Trinajstić information content (AvgIpc) is 3.21. The monoisotopic (exact) mass is 407 g/mol. The van der Waals surface area contributed by atoms with E-state index in [1.54, 1.807) is 7.11 Å². The molecule has 1 aliphatic carbocycles. The first-order valence-electron chi connectivity index (χ1n) is 9.42. The number of rotatable bonds is 6. The van der Waals surface area contributed by atoms with Crippen LogP contribution in [0.15, 0.2) is 54.6 Å². The van der Waals surface area contributed by atoms with Crippen molar-refractivity contribution in [3.8, 4) is 16.2 Å². The summed E-state index contributed by atoms with van der Waals surface area (Å²) in [6, 6.07) is 17.6. The summed E-state index contributed by atoms with van der Waals surface area (Å²) in [5.41, 5.74) is 4.61. The number of nitrogens with one attached hydrogen (secondary N) is 1. The lowest BCUT2D eigenvalue weighted by Crippen LogP contribution is -2.28. The largest absolute Gasteiger partial charge is 0.497 e. The highest BCUT2D eigenvalue weighted by Crippen LogP contribution is 2.39. The number of amides is 1. The average molecular weight is 407 g/mol. The van der Waals surface area contributed by atoms with Crippen LogP contribution in [0.1, 0.15) is 26.4 Å². The molecule has 0 saturated heterocycles. The number of methoxy groups -OCH3 is 1. The molecule has 0 spiro atoms. The molecule has 1 amide bonds. The molecule has 0 fully saturated rings. The SMILES string of the molecule is COc1ccc(CNC(=O)COC(=O)c2cc3c(s2)-c2ccccc2CC3)cc1. The molecule has 1 aromatic heterocycles. The van der Waals surface area contributed by atoms with Gasteiger partial charge >= 0.3 is 5.97 Å². The first-order valence-corrected chi connectivity index (χ1v) is 10.2. The molecule has 0 radical (unpaired) electrons. The maximum absolute atomic E-state index is 12.4. The van der Waals surface area contributed by atoms with E-state index in [0.29, 0.717) is 11.4 Å². The third kappa shape index (κ3) is 4.32. The Bertz CT molecular complexity index is 1040. The molecule has 0 unspecified atom stereocenters. The van der Waals surface area contributed by atoms with Crippen molar-refractivity contribution >= 4 is 23.2 Å². The second-order valence-electron chi connectivity index (χ2n) is 6.82. The Morgan fingerprint density at radius 1 is 1.03 bits per heavy atom. The molecule has 2 aromatic carbocycles. The highest BCUT2D eigenvalue weighted by Gasteiger charge is 2.22. The maximum Gasteiger partial charge on any atom is 0.348 e. The smallest absolute Gasteiger partial charge is 0.348 e. The number of ether oxygens (including phenoxy) is 2. The second-order valence-corrected chi connectivity index (χ2v) is 7.88. The summed E-state index contributed by atoms with van der Waals surface area (Å²) in [6.07, 6.45) is 1.89. The molecule has 148 valence electrons. The van der Waals surface area contributed by atoms with E-state index in [4.69, 9.17) is 9.47 Å². The minimum Gasteiger partial charge on any atom is -0.497 e. The van der Waals surface area contributed by atoms with Gasteiger partial charge < -0.3 is 14.8 Å². The molecule has 3 aromatic rings. The van der Waals surface area contributed by atoms with Crippen molar-refractivity contribution in [3.63, 3.8) is 0 Å². The quantitative estimate of drug-likeness (QED) is 0.628. The van der Waals surface area contributed by atoms with Gasteiger partial charge in [0.2, 0.25) is 0 Å². The van der Waals surface area contributed by atoms with E-state index < -0.39 is 5.97 Å². The van der Waals surface area contributed by atoms with Gasteiger partial charge in [0.1, 0.15) is 10.6 Å². The Labute approximate surface area is 173 Å². The van der Waals surface area contributed by atoms with Crippen LogP contribution >= 0.6 is 11.3 Å². The van der Waals surface area contributed by atoms with Crippen LogP contribution in [0.3, 0.4) is 0 Å². The van der Waals surface area contributed by atoms with Crippen LogP contribution in [0, 0.1) is 0 Å². The van der Waals surface area contributed by atoms with Crippen molar-refractivity contribution in [2.24, 2.45) is 0 Å². The van der Waals surface area contributed by atoms with Crippen molar-refractivity contribution in [2.75, 3.05) is 13.7 Å². The first-order chi connectivity index (χ1) is 14.1. The van der Waals surface area contributed by atoms with Gasteiger partial charge in [-0.2, -0.15) is 0 Å². The van der Waals surface area contributed by atoms with E-state index in [0.717, 1.165) is 29.0 Å². The van der Waals surface area contributed by atoms with Gasteiger partial charge in [0, 0.05) is 11.4 Å². The van der Waals surface area contributed by atoms with Crippen LogP contribution in [0.2, 0.25) is 0 Å². The third-order valence-corrected chi connectivity index (χ3v) is 6.11. The molecular formula is C23H21NO4S.